The van der Waals surface area contributed by atoms with E-state index in [0.717, 1.165) is 5.56 Å². The normalized spacial score (nSPS) is 21.9. The second kappa shape index (κ2) is 8.07. The minimum atomic E-state index is -3.94. The van der Waals surface area contributed by atoms with Crippen molar-refractivity contribution in [3.8, 4) is 5.75 Å². The average molecular weight is 441 g/mol. The Labute approximate surface area is 178 Å². The zero-order valence-corrected chi connectivity index (χ0v) is 19.4. The highest BCUT2D eigenvalue weighted by Crippen LogP contribution is 2.43. The van der Waals surface area contributed by atoms with Crippen LogP contribution in [0.1, 0.15) is 43.9 Å². The van der Waals surface area contributed by atoms with Gasteiger partial charge in [-0.05, 0) is 70.7 Å². The predicted molar refractivity (Wildman–Crippen MR) is 115 cm³/mol. The van der Waals surface area contributed by atoms with Crippen molar-refractivity contribution in [3.63, 3.8) is 0 Å². The van der Waals surface area contributed by atoms with E-state index >= 15 is 0 Å². The van der Waals surface area contributed by atoms with Crippen molar-refractivity contribution in [2.24, 2.45) is 22.4 Å². The van der Waals surface area contributed by atoms with Gasteiger partial charge in [0.05, 0.1) is 12.0 Å². The highest BCUT2D eigenvalue weighted by Gasteiger charge is 2.58. The second-order valence-corrected chi connectivity index (χ2v) is 10.4. The van der Waals surface area contributed by atoms with Gasteiger partial charge in [-0.25, -0.2) is 13.1 Å². The molecular formula is C20H32N4O5S. The van der Waals surface area contributed by atoms with Crippen molar-refractivity contribution in [2.75, 3.05) is 13.7 Å². The zero-order chi connectivity index (χ0) is 23.1. The number of methoxy groups -OCH3 is 1. The van der Waals surface area contributed by atoms with Gasteiger partial charge in [0.2, 0.25) is 5.96 Å². The molecule has 2 atom stereocenters. The van der Waals surface area contributed by atoms with Gasteiger partial charge in [0.1, 0.15) is 16.9 Å². The van der Waals surface area contributed by atoms with Crippen LogP contribution >= 0.6 is 0 Å². The highest BCUT2D eigenvalue weighted by atomic mass is 32.2. The number of nitrogens with one attached hydrogen (secondary N) is 1. The summed E-state index contributed by atoms with van der Waals surface area (Å²) in [6.07, 6.45) is 0.404. The molecule has 0 radical (unpaired) electrons. The van der Waals surface area contributed by atoms with Crippen LogP contribution < -0.4 is 20.9 Å². The first-order chi connectivity index (χ1) is 13.6. The summed E-state index contributed by atoms with van der Waals surface area (Å²) in [6, 6.07) is 1.53. The third kappa shape index (κ3) is 5.04. The summed E-state index contributed by atoms with van der Waals surface area (Å²) in [5, 5.41) is 0. The third-order valence-electron chi connectivity index (χ3n) is 5.12. The van der Waals surface area contributed by atoms with Crippen LogP contribution in [0, 0.1) is 26.7 Å². The van der Waals surface area contributed by atoms with Crippen LogP contribution in [0.2, 0.25) is 0 Å². The van der Waals surface area contributed by atoms with Crippen molar-refractivity contribution >= 4 is 22.0 Å². The molecule has 9 nitrogen and oxygen atoms in total. The summed E-state index contributed by atoms with van der Waals surface area (Å²) >= 11 is 0. The predicted octanol–water partition coefficient (Wildman–Crippen LogP) is 1.27. The Hall–Kier alpha value is -2.33. The number of aliphatic imine (C=N–C) groups is 1. The molecule has 30 heavy (non-hydrogen) atoms. The fourth-order valence-corrected chi connectivity index (χ4v) is 4.59. The molecule has 0 bridgehead atoms. The van der Waals surface area contributed by atoms with Crippen molar-refractivity contribution in [1.82, 2.24) is 4.72 Å². The monoisotopic (exact) mass is 440 g/mol. The summed E-state index contributed by atoms with van der Waals surface area (Å²) in [4.78, 5) is 16.4. The van der Waals surface area contributed by atoms with Crippen LogP contribution in [0.25, 0.3) is 0 Å². The molecule has 0 heterocycles. The Morgan fingerprint density at radius 1 is 1.30 bits per heavy atom. The largest absolute Gasteiger partial charge is 0.496 e. The van der Waals surface area contributed by atoms with E-state index in [1.165, 1.54) is 6.07 Å². The smallest absolute Gasteiger partial charge is 0.327 e. The van der Waals surface area contributed by atoms with E-state index < -0.39 is 27.1 Å². The maximum Gasteiger partial charge on any atom is 0.327 e. The Balaban J connectivity index is 2.10. The Kier molecular flexibility index (Phi) is 6.44. The van der Waals surface area contributed by atoms with Crippen LogP contribution in [0.5, 0.6) is 5.75 Å². The van der Waals surface area contributed by atoms with Gasteiger partial charge in [0, 0.05) is 12.5 Å². The Bertz CT molecular complexity index is 982. The van der Waals surface area contributed by atoms with Crippen molar-refractivity contribution in [1.29, 1.82) is 0 Å². The lowest BCUT2D eigenvalue weighted by atomic mass is 10.1. The molecule has 0 spiro atoms. The molecule has 0 aromatic heterocycles. The van der Waals surface area contributed by atoms with Crippen LogP contribution in [0.4, 0.5) is 0 Å². The van der Waals surface area contributed by atoms with Crippen LogP contribution in [0.3, 0.4) is 0 Å². The molecule has 1 fully saturated rings. The number of hydrogen-bond donors (Lipinski definition) is 3. The van der Waals surface area contributed by atoms with Gasteiger partial charge in [-0.2, -0.15) is 0 Å². The molecule has 2 rings (SSSR count). The number of guanidine groups is 1. The number of rotatable bonds is 6. The second-order valence-electron chi connectivity index (χ2n) is 8.75. The molecule has 5 N–H and O–H groups in total. The number of nitrogens with two attached hydrogens (primary N) is 2. The number of hydrogen-bond acceptors (Lipinski definition) is 7. The maximum absolute atomic E-state index is 12.8. The fourth-order valence-electron chi connectivity index (χ4n) is 3.25. The number of ether oxygens (including phenoxy) is 2. The summed E-state index contributed by atoms with van der Waals surface area (Å²) in [6.45, 7) is 10.7. The first-order valence-corrected chi connectivity index (χ1v) is 11.1. The number of esters is 1. The van der Waals surface area contributed by atoms with Gasteiger partial charge >= 0.3 is 5.97 Å². The van der Waals surface area contributed by atoms with E-state index in [2.05, 4.69) is 9.71 Å². The number of carbonyl (C=O) groups is 1. The summed E-state index contributed by atoms with van der Waals surface area (Å²) in [5.74, 6) is -0.376. The molecular weight excluding hydrogens is 408 g/mol. The standard InChI is InChI=1S/C20H32N4O5S/c1-11-8-15(12(2)13(3)16(11)28-7)30(26,27)24-18(21)23-10-14-9-20(14,22)17(25)29-19(4,5)6/h8,14H,9-10,22H2,1-7H3,(H3,21,23,24)/t14-,20-/m0/s1. The van der Waals surface area contributed by atoms with Crippen molar-refractivity contribution in [2.45, 2.75) is 64.0 Å². The summed E-state index contributed by atoms with van der Waals surface area (Å²) in [7, 11) is -2.40. The summed E-state index contributed by atoms with van der Waals surface area (Å²) < 4.78 is 38.6. The van der Waals surface area contributed by atoms with Gasteiger partial charge < -0.3 is 20.9 Å². The SMILES string of the molecule is COc1c(C)cc(S(=O)(=O)NC(N)=NC[C@@H]2C[C@@]2(N)C(=O)OC(C)(C)C)c(C)c1C. The minimum Gasteiger partial charge on any atom is -0.496 e. The Morgan fingerprint density at radius 2 is 1.90 bits per heavy atom. The lowest BCUT2D eigenvalue weighted by Gasteiger charge is -2.22. The lowest BCUT2D eigenvalue weighted by molar-refractivity contribution is -0.158. The molecule has 168 valence electrons. The molecule has 1 aromatic rings. The molecule has 0 unspecified atom stereocenters. The number of nitrogens with zero attached hydrogens (tertiary/aromatic N) is 1. The van der Waals surface area contributed by atoms with E-state index in [1.54, 1.807) is 48.7 Å². The van der Waals surface area contributed by atoms with Crippen LogP contribution in [-0.2, 0) is 19.6 Å². The van der Waals surface area contributed by atoms with Gasteiger partial charge in [0.25, 0.3) is 10.0 Å². The highest BCUT2D eigenvalue weighted by molar-refractivity contribution is 7.90. The zero-order valence-electron chi connectivity index (χ0n) is 18.6. The maximum atomic E-state index is 12.8. The average Bonchev–Trinajstić information content (AvgIpc) is 3.27. The van der Waals surface area contributed by atoms with Crippen LogP contribution in [-0.4, -0.2) is 45.1 Å². The van der Waals surface area contributed by atoms with E-state index in [9.17, 15) is 13.2 Å². The van der Waals surface area contributed by atoms with E-state index in [1.807, 2.05) is 0 Å². The van der Waals surface area contributed by atoms with Crippen LogP contribution in [0.15, 0.2) is 16.0 Å². The van der Waals surface area contributed by atoms with E-state index in [-0.39, 0.29) is 23.3 Å². The first-order valence-electron chi connectivity index (χ1n) is 9.62. The molecule has 0 aliphatic heterocycles. The summed E-state index contributed by atoms with van der Waals surface area (Å²) in [5.41, 5.74) is 12.1. The molecule has 1 aromatic carbocycles. The Morgan fingerprint density at radius 3 is 2.43 bits per heavy atom. The third-order valence-corrected chi connectivity index (χ3v) is 6.61. The molecule has 1 aliphatic carbocycles. The number of sulfonamides is 1. The molecule has 0 saturated heterocycles. The van der Waals surface area contributed by atoms with E-state index in [0.29, 0.717) is 23.3 Å². The first kappa shape index (κ1) is 23.9. The number of carbonyl (C=O) groups excluding carboxylic acids is 1. The molecule has 1 aliphatic rings. The molecule has 0 amide bonds. The quantitative estimate of drug-likeness (QED) is 0.343. The number of aryl methyl sites for hydroxylation is 1. The van der Waals surface area contributed by atoms with Crippen molar-refractivity contribution < 1.29 is 22.7 Å². The van der Waals surface area contributed by atoms with Gasteiger partial charge in [-0.15, -0.1) is 0 Å². The van der Waals surface area contributed by atoms with Gasteiger partial charge in [-0.1, -0.05) is 0 Å². The van der Waals surface area contributed by atoms with Crippen molar-refractivity contribution in [3.05, 3.63) is 22.8 Å². The van der Waals surface area contributed by atoms with Gasteiger partial charge in [-0.3, -0.25) is 9.79 Å². The van der Waals surface area contributed by atoms with Gasteiger partial charge in [0.15, 0.2) is 0 Å². The van der Waals surface area contributed by atoms with E-state index in [4.69, 9.17) is 20.9 Å². The number of benzene rings is 1. The fraction of sp³-hybridized carbons (Fsp3) is 0.600. The topological polar surface area (TPSA) is 146 Å². The molecule has 10 heteroatoms. The lowest BCUT2D eigenvalue weighted by Crippen LogP contribution is -2.42. The minimum absolute atomic E-state index is 0.102. The molecule has 1 saturated carbocycles.